The lowest BCUT2D eigenvalue weighted by Gasteiger charge is -2.28. The van der Waals surface area contributed by atoms with Crippen molar-refractivity contribution >= 4 is 17.5 Å². The fourth-order valence-corrected chi connectivity index (χ4v) is 4.58. The van der Waals surface area contributed by atoms with Crippen molar-refractivity contribution in [2.45, 2.75) is 31.8 Å². The smallest absolute Gasteiger partial charge is 0.309 e. The van der Waals surface area contributed by atoms with E-state index in [2.05, 4.69) is 45.7 Å². The van der Waals surface area contributed by atoms with E-state index < -0.39 is 11.8 Å². The van der Waals surface area contributed by atoms with Gasteiger partial charge >= 0.3 is 11.8 Å². The summed E-state index contributed by atoms with van der Waals surface area (Å²) in [5.74, 6) is -0.454. The van der Waals surface area contributed by atoms with Gasteiger partial charge in [0.15, 0.2) is 0 Å². The quantitative estimate of drug-likeness (QED) is 0.652. The molecule has 0 saturated carbocycles. The standard InChI is InChI=1S/C25H32N4O3/c1-28-14-11-20-15-19(7-10-22(20)28)23(29-12-3-4-13-29)17-27-25(31)24(30)26-16-18-5-8-21(32-2)9-6-18/h5-10,15,23H,3-4,11-14,16-17H2,1-2H3,(H,26,30)(H,27,31). The van der Waals surface area contributed by atoms with Gasteiger partial charge in [-0.1, -0.05) is 24.3 Å². The van der Waals surface area contributed by atoms with Crippen molar-refractivity contribution in [1.29, 1.82) is 0 Å². The number of fused-ring (bicyclic) bond motifs is 1. The molecular weight excluding hydrogens is 404 g/mol. The third kappa shape index (κ3) is 5.05. The lowest BCUT2D eigenvalue weighted by atomic mass is 10.0. The van der Waals surface area contributed by atoms with Crippen LogP contribution in [0.3, 0.4) is 0 Å². The second-order valence-electron chi connectivity index (χ2n) is 8.56. The van der Waals surface area contributed by atoms with Crippen LogP contribution in [-0.4, -0.2) is 57.1 Å². The lowest BCUT2D eigenvalue weighted by molar-refractivity contribution is -0.139. The van der Waals surface area contributed by atoms with Gasteiger partial charge in [-0.15, -0.1) is 0 Å². The maximum Gasteiger partial charge on any atom is 0.309 e. The molecule has 2 N–H and O–H groups in total. The zero-order chi connectivity index (χ0) is 22.5. The topological polar surface area (TPSA) is 73.9 Å². The number of nitrogens with zero attached hydrogens (tertiary/aromatic N) is 2. The predicted molar refractivity (Wildman–Crippen MR) is 125 cm³/mol. The van der Waals surface area contributed by atoms with Crippen LogP contribution in [0.4, 0.5) is 5.69 Å². The summed E-state index contributed by atoms with van der Waals surface area (Å²) in [6, 6.07) is 14.1. The maximum atomic E-state index is 12.5. The van der Waals surface area contributed by atoms with Crippen molar-refractivity contribution in [2.24, 2.45) is 0 Å². The van der Waals surface area contributed by atoms with E-state index in [9.17, 15) is 9.59 Å². The molecule has 2 aromatic carbocycles. The number of likely N-dealkylation sites (N-methyl/N-ethyl adjacent to an activating group) is 1. The number of amides is 2. The Kier molecular flexibility index (Phi) is 6.95. The molecule has 0 aromatic heterocycles. The summed E-state index contributed by atoms with van der Waals surface area (Å²) >= 11 is 0. The number of ether oxygens (including phenoxy) is 1. The highest BCUT2D eigenvalue weighted by molar-refractivity contribution is 6.35. The van der Waals surface area contributed by atoms with E-state index in [4.69, 9.17) is 4.74 Å². The van der Waals surface area contributed by atoms with Gasteiger partial charge in [0.1, 0.15) is 5.75 Å². The number of carbonyl (C=O) groups is 2. The molecule has 0 radical (unpaired) electrons. The Labute approximate surface area is 189 Å². The molecule has 1 fully saturated rings. The molecule has 32 heavy (non-hydrogen) atoms. The van der Waals surface area contributed by atoms with Gasteiger partial charge in [-0.2, -0.15) is 0 Å². The second kappa shape index (κ2) is 10.0. The molecule has 7 nitrogen and oxygen atoms in total. The van der Waals surface area contributed by atoms with Crippen LogP contribution in [0.25, 0.3) is 0 Å². The summed E-state index contributed by atoms with van der Waals surface area (Å²) in [5, 5.41) is 5.56. The van der Waals surface area contributed by atoms with Crippen LogP contribution in [0.1, 0.15) is 35.6 Å². The Morgan fingerprint density at radius 1 is 1.00 bits per heavy atom. The highest BCUT2D eigenvalue weighted by Crippen LogP contribution is 2.32. The summed E-state index contributed by atoms with van der Waals surface area (Å²) in [7, 11) is 3.73. The summed E-state index contributed by atoms with van der Waals surface area (Å²) in [5.41, 5.74) is 4.76. The van der Waals surface area contributed by atoms with Gasteiger partial charge in [-0.3, -0.25) is 14.5 Å². The van der Waals surface area contributed by atoms with Gasteiger partial charge in [-0.25, -0.2) is 0 Å². The maximum absolute atomic E-state index is 12.5. The SMILES string of the molecule is COc1ccc(CNC(=O)C(=O)NCC(c2ccc3c(c2)CCN3C)N2CCCC2)cc1. The molecule has 2 amide bonds. The molecule has 0 spiro atoms. The first kappa shape index (κ1) is 22.1. The minimum absolute atomic E-state index is 0.0760. The van der Waals surface area contributed by atoms with E-state index in [0.29, 0.717) is 13.1 Å². The third-order valence-corrected chi connectivity index (χ3v) is 6.47. The number of benzene rings is 2. The van der Waals surface area contributed by atoms with Crippen molar-refractivity contribution in [1.82, 2.24) is 15.5 Å². The molecule has 1 atom stereocenters. The molecule has 2 aromatic rings. The first-order valence-corrected chi connectivity index (χ1v) is 11.3. The number of carbonyl (C=O) groups excluding carboxylic acids is 2. The van der Waals surface area contributed by atoms with Crippen molar-refractivity contribution < 1.29 is 14.3 Å². The van der Waals surface area contributed by atoms with Gasteiger partial charge in [0.25, 0.3) is 0 Å². The van der Waals surface area contributed by atoms with E-state index in [1.165, 1.54) is 29.7 Å². The Hall–Kier alpha value is -3.06. The van der Waals surface area contributed by atoms with E-state index in [1.807, 2.05) is 24.3 Å². The molecular formula is C25H32N4O3. The minimum atomic E-state index is -0.614. The van der Waals surface area contributed by atoms with E-state index in [-0.39, 0.29) is 6.04 Å². The van der Waals surface area contributed by atoms with Gasteiger partial charge in [0, 0.05) is 32.4 Å². The Balaban J connectivity index is 1.36. The van der Waals surface area contributed by atoms with Crippen molar-refractivity contribution in [3.8, 4) is 5.75 Å². The fraction of sp³-hybridized carbons (Fsp3) is 0.440. The highest BCUT2D eigenvalue weighted by atomic mass is 16.5. The van der Waals surface area contributed by atoms with Crippen LogP contribution < -0.4 is 20.3 Å². The number of hydrogen-bond acceptors (Lipinski definition) is 5. The van der Waals surface area contributed by atoms with Gasteiger partial charge < -0.3 is 20.3 Å². The Morgan fingerprint density at radius 3 is 2.44 bits per heavy atom. The number of hydrogen-bond donors (Lipinski definition) is 2. The zero-order valence-corrected chi connectivity index (χ0v) is 18.9. The van der Waals surface area contributed by atoms with Crippen molar-refractivity contribution in [3.05, 3.63) is 59.2 Å². The predicted octanol–water partition coefficient (Wildman–Crippen LogP) is 2.26. The number of methoxy groups -OCH3 is 1. The van der Waals surface area contributed by atoms with Gasteiger partial charge in [-0.05, 0) is 67.2 Å². The molecule has 2 heterocycles. The van der Waals surface area contributed by atoms with Crippen LogP contribution in [0.5, 0.6) is 5.75 Å². The first-order chi connectivity index (χ1) is 15.5. The molecule has 0 aliphatic carbocycles. The average Bonchev–Trinajstić information content (AvgIpc) is 3.48. The fourth-order valence-electron chi connectivity index (χ4n) is 4.58. The van der Waals surface area contributed by atoms with Crippen LogP contribution in [0.15, 0.2) is 42.5 Å². The number of rotatable bonds is 7. The zero-order valence-electron chi connectivity index (χ0n) is 18.9. The highest BCUT2D eigenvalue weighted by Gasteiger charge is 2.26. The number of anilines is 1. The Bertz CT molecular complexity index is 954. The third-order valence-electron chi connectivity index (χ3n) is 6.47. The van der Waals surface area contributed by atoms with Gasteiger partial charge in [0.05, 0.1) is 13.2 Å². The molecule has 4 rings (SSSR count). The van der Waals surface area contributed by atoms with E-state index in [0.717, 1.165) is 37.4 Å². The molecule has 1 saturated heterocycles. The summed E-state index contributed by atoms with van der Waals surface area (Å²) < 4.78 is 5.14. The Morgan fingerprint density at radius 2 is 1.72 bits per heavy atom. The lowest BCUT2D eigenvalue weighted by Crippen LogP contribution is -2.43. The van der Waals surface area contributed by atoms with Crippen molar-refractivity contribution in [3.63, 3.8) is 0 Å². The minimum Gasteiger partial charge on any atom is -0.497 e. The average molecular weight is 437 g/mol. The molecule has 1 unspecified atom stereocenters. The summed E-state index contributed by atoms with van der Waals surface area (Å²) in [4.78, 5) is 29.5. The van der Waals surface area contributed by atoms with Crippen LogP contribution >= 0.6 is 0 Å². The number of nitrogens with one attached hydrogen (secondary N) is 2. The molecule has 2 aliphatic heterocycles. The van der Waals surface area contributed by atoms with Gasteiger partial charge in [0.2, 0.25) is 0 Å². The van der Waals surface area contributed by atoms with Crippen LogP contribution in [0.2, 0.25) is 0 Å². The number of likely N-dealkylation sites (tertiary alicyclic amines) is 1. The molecule has 7 heteroatoms. The summed E-state index contributed by atoms with van der Waals surface area (Å²) in [6.45, 7) is 3.79. The molecule has 2 aliphatic rings. The molecule has 170 valence electrons. The second-order valence-corrected chi connectivity index (χ2v) is 8.56. The van der Waals surface area contributed by atoms with E-state index >= 15 is 0 Å². The first-order valence-electron chi connectivity index (χ1n) is 11.3. The normalized spacial score (nSPS) is 16.5. The van der Waals surface area contributed by atoms with Crippen LogP contribution in [0, 0.1) is 0 Å². The van der Waals surface area contributed by atoms with Crippen molar-refractivity contribution in [2.75, 3.05) is 45.2 Å². The summed E-state index contributed by atoms with van der Waals surface area (Å²) in [6.07, 6.45) is 3.38. The van der Waals surface area contributed by atoms with E-state index in [1.54, 1.807) is 7.11 Å². The largest absolute Gasteiger partial charge is 0.497 e. The van der Waals surface area contributed by atoms with Crippen LogP contribution in [-0.2, 0) is 22.6 Å². The monoisotopic (exact) mass is 436 g/mol. The molecule has 0 bridgehead atoms.